The van der Waals surface area contributed by atoms with Gasteiger partial charge in [0.25, 0.3) is 5.91 Å². The second kappa shape index (κ2) is 7.44. The third kappa shape index (κ3) is 4.32. The molecule has 1 heterocycles. The van der Waals surface area contributed by atoms with E-state index < -0.39 is 0 Å². The molecule has 0 fully saturated rings. The number of nitrogens with zero attached hydrogens (tertiary/aromatic N) is 2. The van der Waals surface area contributed by atoms with Gasteiger partial charge in [-0.05, 0) is 38.1 Å². The summed E-state index contributed by atoms with van der Waals surface area (Å²) in [4.78, 5) is 12.3. The van der Waals surface area contributed by atoms with Crippen LogP contribution in [-0.2, 0) is 0 Å². The van der Waals surface area contributed by atoms with Crippen molar-refractivity contribution < 1.29 is 14.3 Å². The average molecular weight is 316 g/mol. The molecule has 2 aromatic rings. The van der Waals surface area contributed by atoms with Crippen LogP contribution >= 0.6 is 0 Å². The van der Waals surface area contributed by atoms with Crippen LogP contribution in [0.15, 0.2) is 30.3 Å². The summed E-state index contributed by atoms with van der Waals surface area (Å²) in [7, 11) is 3.09. The number of carbonyl (C=O) groups excluding carboxylic acids is 1. The SMILES string of the molecule is COc1ccc(OC)c(NC(=O)c2ccc(NC(C)C)nn2)c1. The molecule has 2 N–H and O–H groups in total. The Bertz CT molecular complexity index is 672. The summed E-state index contributed by atoms with van der Waals surface area (Å²) >= 11 is 0. The van der Waals surface area contributed by atoms with E-state index in [4.69, 9.17) is 9.47 Å². The fourth-order valence-electron chi connectivity index (χ4n) is 1.92. The molecule has 0 atom stereocenters. The van der Waals surface area contributed by atoms with Crippen LogP contribution in [0.5, 0.6) is 11.5 Å². The van der Waals surface area contributed by atoms with Gasteiger partial charge in [-0.1, -0.05) is 0 Å². The molecular formula is C16H20N4O3. The van der Waals surface area contributed by atoms with Crippen LogP contribution in [-0.4, -0.2) is 36.4 Å². The predicted octanol–water partition coefficient (Wildman–Crippen LogP) is 2.57. The fraction of sp³-hybridized carbons (Fsp3) is 0.312. The molecule has 122 valence electrons. The Labute approximate surface area is 135 Å². The number of aromatic nitrogens is 2. The number of benzene rings is 1. The highest BCUT2D eigenvalue weighted by Crippen LogP contribution is 2.29. The van der Waals surface area contributed by atoms with Gasteiger partial charge in [-0.25, -0.2) is 0 Å². The van der Waals surface area contributed by atoms with Crippen molar-refractivity contribution in [3.05, 3.63) is 36.0 Å². The zero-order chi connectivity index (χ0) is 16.8. The van der Waals surface area contributed by atoms with Gasteiger partial charge in [-0.2, -0.15) is 0 Å². The monoisotopic (exact) mass is 316 g/mol. The average Bonchev–Trinajstić information content (AvgIpc) is 2.54. The molecule has 0 saturated carbocycles. The number of rotatable bonds is 6. The molecule has 0 radical (unpaired) electrons. The topological polar surface area (TPSA) is 85.4 Å². The molecule has 1 aromatic heterocycles. The molecular weight excluding hydrogens is 296 g/mol. The Morgan fingerprint density at radius 3 is 2.43 bits per heavy atom. The van der Waals surface area contributed by atoms with Crippen molar-refractivity contribution in [3.8, 4) is 11.5 Å². The quantitative estimate of drug-likeness (QED) is 0.852. The lowest BCUT2D eigenvalue weighted by atomic mass is 10.2. The van der Waals surface area contributed by atoms with Crippen LogP contribution in [0.25, 0.3) is 0 Å². The first-order valence-electron chi connectivity index (χ1n) is 7.17. The minimum Gasteiger partial charge on any atom is -0.497 e. The number of carbonyl (C=O) groups is 1. The summed E-state index contributed by atoms with van der Waals surface area (Å²) in [5.41, 5.74) is 0.715. The molecule has 23 heavy (non-hydrogen) atoms. The number of anilines is 2. The number of nitrogens with one attached hydrogen (secondary N) is 2. The second-order valence-electron chi connectivity index (χ2n) is 5.12. The lowest BCUT2D eigenvalue weighted by Gasteiger charge is -2.12. The molecule has 7 heteroatoms. The van der Waals surface area contributed by atoms with Gasteiger partial charge in [0, 0.05) is 12.1 Å². The maximum atomic E-state index is 12.3. The van der Waals surface area contributed by atoms with Gasteiger partial charge in [0.1, 0.15) is 17.3 Å². The van der Waals surface area contributed by atoms with Crippen molar-refractivity contribution in [3.63, 3.8) is 0 Å². The molecule has 0 aliphatic carbocycles. The summed E-state index contributed by atoms with van der Waals surface area (Å²) in [5.74, 6) is 1.39. The van der Waals surface area contributed by atoms with Crippen LogP contribution < -0.4 is 20.1 Å². The second-order valence-corrected chi connectivity index (χ2v) is 5.12. The number of amides is 1. The van der Waals surface area contributed by atoms with Gasteiger partial charge in [0.05, 0.1) is 19.9 Å². The summed E-state index contributed by atoms with van der Waals surface area (Å²) in [6, 6.07) is 8.71. The van der Waals surface area contributed by atoms with Crippen LogP contribution in [0.3, 0.4) is 0 Å². The normalized spacial score (nSPS) is 10.3. The van der Waals surface area contributed by atoms with Gasteiger partial charge in [-0.3, -0.25) is 4.79 Å². The van der Waals surface area contributed by atoms with E-state index in [0.29, 0.717) is 23.0 Å². The minimum absolute atomic E-state index is 0.212. The van der Waals surface area contributed by atoms with Gasteiger partial charge < -0.3 is 20.1 Å². The van der Waals surface area contributed by atoms with Crippen molar-refractivity contribution in [2.24, 2.45) is 0 Å². The van der Waals surface area contributed by atoms with Crippen LogP contribution in [0.2, 0.25) is 0 Å². The smallest absolute Gasteiger partial charge is 0.276 e. The highest BCUT2D eigenvalue weighted by molar-refractivity contribution is 6.03. The Balaban J connectivity index is 2.15. The van der Waals surface area contributed by atoms with E-state index in [-0.39, 0.29) is 17.6 Å². The first-order valence-corrected chi connectivity index (χ1v) is 7.17. The zero-order valence-corrected chi connectivity index (χ0v) is 13.6. The zero-order valence-electron chi connectivity index (χ0n) is 13.6. The highest BCUT2D eigenvalue weighted by atomic mass is 16.5. The van der Waals surface area contributed by atoms with Crippen LogP contribution in [0.4, 0.5) is 11.5 Å². The fourth-order valence-corrected chi connectivity index (χ4v) is 1.92. The van der Waals surface area contributed by atoms with E-state index in [1.54, 1.807) is 37.4 Å². The lowest BCUT2D eigenvalue weighted by Crippen LogP contribution is -2.16. The van der Waals surface area contributed by atoms with E-state index in [1.807, 2.05) is 13.8 Å². The molecule has 0 aliphatic heterocycles. The maximum Gasteiger partial charge on any atom is 0.276 e. The first-order chi connectivity index (χ1) is 11.0. The van der Waals surface area contributed by atoms with Crippen molar-refractivity contribution in [1.29, 1.82) is 0 Å². The molecule has 0 spiro atoms. The van der Waals surface area contributed by atoms with Crippen LogP contribution in [0, 0.1) is 0 Å². The third-order valence-corrected chi connectivity index (χ3v) is 2.99. The van der Waals surface area contributed by atoms with E-state index in [9.17, 15) is 4.79 Å². The van der Waals surface area contributed by atoms with E-state index in [1.165, 1.54) is 7.11 Å². The molecule has 0 bridgehead atoms. The molecule has 1 amide bonds. The van der Waals surface area contributed by atoms with Gasteiger partial charge in [0.2, 0.25) is 0 Å². The van der Waals surface area contributed by atoms with Crippen molar-refractivity contribution in [2.75, 3.05) is 24.9 Å². The van der Waals surface area contributed by atoms with Crippen LogP contribution in [0.1, 0.15) is 24.3 Å². The number of ether oxygens (including phenoxy) is 2. The van der Waals surface area contributed by atoms with Gasteiger partial charge in [-0.15, -0.1) is 10.2 Å². The summed E-state index contributed by atoms with van der Waals surface area (Å²) in [5, 5.41) is 13.8. The lowest BCUT2D eigenvalue weighted by molar-refractivity contribution is 0.102. The number of hydrogen-bond acceptors (Lipinski definition) is 6. The Morgan fingerprint density at radius 1 is 1.09 bits per heavy atom. The van der Waals surface area contributed by atoms with E-state index in [2.05, 4.69) is 20.8 Å². The molecule has 2 rings (SSSR count). The Morgan fingerprint density at radius 2 is 1.87 bits per heavy atom. The highest BCUT2D eigenvalue weighted by Gasteiger charge is 2.13. The van der Waals surface area contributed by atoms with E-state index in [0.717, 1.165) is 0 Å². The summed E-state index contributed by atoms with van der Waals surface area (Å²) in [6.07, 6.45) is 0. The van der Waals surface area contributed by atoms with Gasteiger partial charge >= 0.3 is 0 Å². The predicted molar refractivity (Wildman–Crippen MR) is 88.3 cm³/mol. The molecule has 7 nitrogen and oxygen atoms in total. The molecule has 0 saturated heterocycles. The minimum atomic E-state index is -0.375. The Kier molecular flexibility index (Phi) is 5.35. The van der Waals surface area contributed by atoms with Crippen molar-refractivity contribution in [1.82, 2.24) is 10.2 Å². The van der Waals surface area contributed by atoms with Crippen molar-refractivity contribution >= 4 is 17.4 Å². The number of methoxy groups -OCH3 is 2. The van der Waals surface area contributed by atoms with Gasteiger partial charge in [0.15, 0.2) is 5.69 Å². The first kappa shape index (κ1) is 16.5. The van der Waals surface area contributed by atoms with Crippen molar-refractivity contribution in [2.45, 2.75) is 19.9 Å². The van der Waals surface area contributed by atoms with E-state index >= 15 is 0 Å². The largest absolute Gasteiger partial charge is 0.497 e. The molecule has 1 aromatic carbocycles. The third-order valence-electron chi connectivity index (χ3n) is 2.99. The Hall–Kier alpha value is -2.83. The molecule has 0 unspecified atom stereocenters. The standard InChI is InChI=1S/C16H20N4O3/c1-10(2)17-15-8-6-12(19-20-15)16(21)18-13-9-11(22-3)5-7-14(13)23-4/h5-10H,1-4H3,(H,17,20)(H,18,21). The number of hydrogen-bond donors (Lipinski definition) is 2. The summed E-state index contributed by atoms with van der Waals surface area (Å²) in [6.45, 7) is 3.99. The molecule has 0 aliphatic rings. The summed E-state index contributed by atoms with van der Waals surface area (Å²) < 4.78 is 10.4. The maximum absolute atomic E-state index is 12.3.